The van der Waals surface area contributed by atoms with Crippen molar-refractivity contribution < 1.29 is 4.74 Å². The maximum absolute atomic E-state index is 6.23. The van der Waals surface area contributed by atoms with Crippen molar-refractivity contribution in [2.24, 2.45) is 0 Å². The van der Waals surface area contributed by atoms with E-state index in [1.807, 2.05) is 25.2 Å². The van der Waals surface area contributed by atoms with Crippen molar-refractivity contribution in [2.75, 3.05) is 7.05 Å². The van der Waals surface area contributed by atoms with Crippen LogP contribution in [0.15, 0.2) is 40.9 Å². The fraction of sp³-hybridized carbons (Fsp3) is 0.294. The molecule has 2 nitrogen and oxygen atoms in total. The fourth-order valence-electron chi connectivity index (χ4n) is 2.07. The Morgan fingerprint density at radius 2 is 2.00 bits per heavy atom. The van der Waals surface area contributed by atoms with Crippen molar-refractivity contribution in [1.82, 2.24) is 5.32 Å². The summed E-state index contributed by atoms with van der Waals surface area (Å²) in [6.45, 7) is 4.64. The molecule has 4 heteroatoms. The zero-order chi connectivity index (χ0) is 15.4. The van der Waals surface area contributed by atoms with E-state index in [2.05, 4.69) is 53.3 Å². The standard InChI is InChI=1S/C17H19BrClNO/c1-11-4-7-15(12(2)20-3)17(8-11)21-10-13-5-6-14(18)9-16(13)19/h4-9,12,20H,10H2,1-3H3. The summed E-state index contributed by atoms with van der Waals surface area (Å²) in [6.07, 6.45) is 0. The molecule has 1 atom stereocenters. The molecule has 0 amide bonds. The van der Waals surface area contributed by atoms with E-state index in [0.29, 0.717) is 11.6 Å². The van der Waals surface area contributed by atoms with Crippen LogP contribution in [0.25, 0.3) is 0 Å². The Bertz CT molecular complexity index is 630. The van der Waals surface area contributed by atoms with Gasteiger partial charge in [0.2, 0.25) is 0 Å². The minimum atomic E-state index is 0.237. The highest BCUT2D eigenvalue weighted by Crippen LogP contribution is 2.28. The van der Waals surface area contributed by atoms with Crippen LogP contribution in [-0.4, -0.2) is 7.05 Å². The monoisotopic (exact) mass is 367 g/mol. The van der Waals surface area contributed by atoms with Gasteiger partial charge in [0, 0.05) is 26.7 Å². The van der Waals surface area contributed by atoms with Gasteiger partial charge < -0.3 is 10.1 Å². The molecule has 0 fully saturated rings. The van der Waals surface area contributed by atoms with Crippen LogP contribution < -0.4 is 10.1 Å². The van der Waals surface area contributed by atoms with Gasteiger partial charge in [-0.3, -0.25) is 0 Å². The third-order valence-electron chi connectivity index (χ3n) is 3.47. The first-order valence-electron chi connectivity index (χ1n) is 6.86. The molecule has 1 N–H and O–H groups in total. The van der Waals surface area contributed by atoms with Gasteiger partial charge in [0.15, 0.2) is 0 Å². The Morgan fingerprint density at radius 1 is 1.24 bits per heavy atom. The van der Waals surface area contributed by atoms with Crippen LogP contribution in [-0.2, 0) is 6.61 Å². The van der Waals surface area contributed by atoms with Gasteiger partial charge in [-0.05, 0) is 44.7 Å². The molecule has 0 saturated heterocycles. The molecule has 112 valence electrons. The molecule has 0 saturated carbocycles. The number of halogens is 2. The largest absolute Gasteiger partial charge is 0.488 e. The van der Waals surface area contributed by atoms with Crippen LogP contribution in [0.2, 0.25) is 5.02 Å². The molecule has 1 unspecified atom stereocenters. The van der Waals surface area contributed by atoms with E-state index in [4.69, 9.17) is 16.3 Å². The first-order chi connectivity index (χ1) is 10.0. The van der Waals surface area contributed by atoms with Crippen LogP contribution in [0.3, 0.4) is 0 Å². The molecule has 0 spiro atoms. The maximum Gasteiger partial charge on any atom is 0.124 e. The second kappa shape index (κ2) is 7.30. The highest BCUT2D eigenvalue weighted by Gasteiger charge is 2.11. The van der Waals surface area contributed by atoms with E-state index >= 15 is 0 Å². The molecule has 0 aliphatic carbocycles. The predicted octanol–water partition coefficient (Wildman–Crippen LogP) is 5.27. The topological polar surface area (TPSA) is 21.3 Å². The summed E-state index contributed by atoms with van der Waals surface area (Å²) >= 11 is 9.64. The third kappa shape index (κ3) is 4.22. The van der Waals surface area contributed by atoms with Crippen LogP contribution in [0.4, 0.5) is 0 Å². The summed E-state index contributed by atoms with van der Waals surface area (Å²) in [4.78, 5) is 0. The smallest absolute Gasteiger partial charge is 0.124 e. The van der Waals surface area contributed by atoms with Gasteiger partial charge in [0.1, 0.15) is 12.4 Å². The van der Waals surface area contributed by atoms with Crippen molar-refractivity contribution in [1.29, 1.82) is 0 Å². The van der Waals surface area contributed by atoms with Gasteiger partial charge in [0.05, 0.1) is 0 Å². The quantitative estimate of drug-likeness (QED) is 0.776. The minimum Gasteiger partial charge on any atom is -0.488 e. The van der Waals surface area contributed by atoms with Crippen LogP contribution in [0.5, 0.6) is 5.75 Å². The summed E-state index contributed by atoms with van der Waals surface area (Å²) in [5.41, 5.74) is 3.31. The first-order valence-corrected chi connectivity index (χ1v) is 8.03. The summed E-state index contributed by atoms with van der Waals surface area (Å²) in [5, 5.41) is 3.95. The van der Waals surface area contributed by atoms with Crippen molar-refractivity contribution >= 4 is 27.5 Å². The first kappa shape index (κ1) is 16.3. The van der Waals surface area contributed by atoms with Gasteiger partial charge in [-0.25, -0.2) is 0 Å². The summed E-state index contributed by atoms with van der Waals surface area (Å²) in [6, 6.07) is 12.3. The Hall–Kier alpha value is -1.03. The van der Waals surface area contributed by atoms with E-state index in [-0.39, 0.29) is 6.04 Å². The molecule has 2 aromatic carbocycles. The SMILES string of the molecule is CNC(C)c1ccc(C)cc1OCc1ccc(Br)cc1Cl. The van der Waals surface area contributed by atoms with Crippen LogP contribution in [0, 0.1) is 6.92 Å². The van der Waals surface area contributed by atoms with Gasteiger partial charge >= 0.3 is 0 Å². The predicted molar refractivity (Wildman–Crippen MR) is 92.1 cm³/mol. The Balaban J connectivity index is 2.21. The second-order valence-corrected chi connectivity index (χ2v) is 6.40. The van der Waals surface area contributed by atoms with E-state index in [1.165, 1.54) is 5.56 Å². The lowest BCUT2D eigenvalue weighted by Gasteiger charge is -2.17. The van der Waals surface area contributed by atoms with E-state index in [1.54, 1.807) is 0 Å². The number of aryl methyl sites for hydroxylation is 1. The number of benzene rings is 2. The molecule has 0 heterocycles. The third-order valence-corrected chi connectivity index (χ3v) is 4.31. The van der Waals surface area contributed by atoms with Crippen LogP contribution >= 0.6 is 27.5 Å². The number of rotatable bonds is 5. The van der Waals surface area contributed by atoms with Crippen molar-refractivity contribution in [3.8, 4) is 5.75 Å². The maximum atomic E-state index is 6.23. The number of ether oxygens (including phenoxy) is 1. The van der Waals surface area contributed by atoms with Crippen molar-refractivity contribution in [3.63, 3.8) is 0 Å². The number of nitrogens with one attached hydrogen (secondary N) is 1. The van der Waals surface area contributed by atoms with Crippen LogP contribution in [0.1, 0.15) is 29.7 Å². The normalized spacial score (nSPS) is 12.2. The molecule has 0 aromatic heterocycles. The Morgan fingerprint density at radius 3 is 2.67 bits per heavy atom. The van der Waals surface area contributed by atoms with Gasteiger partial charge in [-0.1, -0.05) is 45.7 Å². The highest BCUT2D eigenvalue weighted by molar-refractivity contribution is 9.10. The lowest BCUT2D eigenvalue weighted by atomic mass is 10.1. The molecule has 0 radical (unpaired) electrons. The molecule has 2 aromatic rings. The molecule has 2 rings (SSSR count). The zero-order valence-electron chi connectivity index (χ0n) is 12.4. The minimum absolute atomic E-state index is 0.237. The number of hydrogen-bond acceptors (Lipinski definition) is 2. The summed E-state index contributed by atoms with van der Waals surface area (Å²) < 4.78 is 6.98. The molecule has 0 aliphatic rings. The Kier molecular flexibility index (Phi) is 5.68. The lowest BCUT2D eigenvalue weighted by molar-refractivity contribution is 0.300. The van der Waals surface area contributed by atoms with Crippen molar-refractivity contribution in [3.05, 3.63) is 62.6 Å². The zero-order valence-corrected chi connectivity index (χ0v) is 14.8. The lowest BCUT2D eigenvalue weighted by Crippen LogP contribution is -2.14. The molecular formula is C17H19BrClNO. The summed E-state index contributed by atoms with van der Waals surface area (Å²) in [5.74, 6) is 0.899. The Labute approximate surface area is 139 Å². The van der Waals surface area contributed by atoms with Gasteiger partial charge in [-0.2, -0.15) is 0 Å². The average molecular weight is 369 g/mol. The van der Waals surface area contributed by atoms with E-state index in [9.17, 15) is 0 Å². The average Bonchev–Trinajstić information content (AvgIpc) is 2.45. The van der Waals surface area contributed by atoms with E-state index in [0.717, 1.165) is 21.3 Å². The molecular weight excluding hydrogens is 350 g/mol. The van der Waals surface area contributed by atoms with E-state index < -0.39 is 0 Å². The molecule has 0 bridgehead atoms. The van der Waals surface area contributed by atoms with Gasteiger partial charge in [-0.15, -0.1) is 0 Å². The molecule has 21 heavy (non-hydrogen) atoms. The fourth-order valence-corrected chi connectivity index (χ4v) is 2.80. The summed E-state index contributed by atoms with van der Waals surface area (Å²) in [7, 11) is 1.94. The highest BCUT2D eigenvalue weighted by atomic mass is 79.9. The number of hydrogen-bond donors (Lipinski definition) is 1. The van der Waals surface area contributed by atoms with Gasteiger partial charge in [0.25, 0.3) is 0 Å². The molecule has 0 aliphatic heterocycles. The second-order valence-electron chi connectivity index (χ2n) is 5.08. The van der Waals surface area contributed by atoms with Crippen molar-refractivity contribution in [2.45, 2.75) is 26.5 Å².